The van der Waals surface area contributed by atoms with E-state index in [1.54, 1.807) is 6.20 Å². The SMILES string of the molecule is Cc1[nH]ncc1-c1cnc(C2CCN(C(C)C)CC2)cn1. The molecular weight excluding hydrogens is 262 g/mol. The van der Waals surface area contributed by atoms with Gasteiger partial charge in [0, 0.05) is 29.4 Å². The molecule has 1 aliphatic rings. The number of piperidine rings is 1. The van der Waals surface area contributed by atoms with Crippen LogP contribution in [0, 0.1) is 6.92 Å². The van der Waals surface area contributed by atoms with Gasteiger partial charge >= 0.3 is 0 Å². The predicted octanol–water partition coefficient (Wildman–Crippen LogP) is 2.76. The van der Waals surface area contributed by atoms with E-state index in [0.29, 0.717) is 12.0 Å². The molecule has 0 spiro atoms. The Hall–Kier alpha value is -1.75. The van der Waals surface area contributed by atoms with Crippen molar-refractivity contribution in [2.75, 3.05) is 13.1 Å². The van der Waals surface area contributed by atoms with Crippen molar-refractivity contribution in [2.24, 2.45) is 0 Å². The van der Waals surface area contributed by atoms with Crippen molar-refractivity contribution in [3.63, 3.8) is 0 Å². The fourth-order valence-electron chi connectivity index (χ4n) is 3.01. The summed E-state index contributed by atoms with van der Waals surface area (Å²) in [6.07, 6.45) is 7.98. The van der Waals surface area contributed by atoms with Gasteiger partial charge in [-0.25, -0.2) is 0 Å². The van der Waals surface area contributed by atoms with Gasteiger partial charge in [-0.15, -0.1) is 0 Å². The van der Waals surface area contributed by atoms with Crippen molar-refractivity contribution >= 4 is 0 Å². The first kappa shape index (κ1) is 14.2. The zero-order valence-corrected chi connectivity index (χ0v) is 13.0. The number of H-pyrrole nitrogens is 1. The Balaban J connectivity index is 1.69. The van der Waals surface area contributed by atoms with E-state index in [2.05, 4.69) is 38.9 Å². The van der Waals surface area contributed by atoms with E-state index in [-0.39, 0.29) is 0 Å². The van der Waals surface area contributed by atoms with E-state index in [4.69, 9.17) is 0 Å². The molecule has 1 saturated heterocycles. The first-order valence-corrected chi connectivity index (χ1v) is 7.71. The molecule has 2 aromatic heterocycles. The summed E-state index contributed by atoms with van der Waals surface area (Å²) in [7, 11) is 0. The minimum atomic E-state index is 0.548. The fourth-order valence-corrected chi connectivity index (χ4v) is 3.01. The number of aromatic nitrogens is 4. The standard InChI is InChI=1S/C16H23N5/c1-11(2)21-6-4-13(5-7-21)15-9-18-16(10-17-15)14-8-19-20-12(14)3/h8-11,13H,4-7H2,1-3H3,(H,19,20). The van der Waals surface area contributed by atoms with Crippen LogP contribution in [-0.2, 0) is 0 Å². The molecule has 5 heteroatoms. The van der Waals surface area contributed by atoms with Gasteiger partial charge in [0.2, 0.25) is 0 Å². The molecule has 3 rings (SSSR count). The maximum atomic E-state index is 4.65. The average molecular weight is 285 g/mol. The summed E-state index contributed by atoms with van der Waals surface area (Å²) in [6, 6.07) is 0.642. The summed E-state index contributed by atoms with van der Waals surface area (Å²) in [5.41, 5.74) is 4.08. The number of rotatable bonds is 3. The summed E-state index contributed by atoms with van der Waals surface area (Å²) in [5, 5.41) is 6.97. The van der Waals surface area contributed by atoms with Crippen LogP contribution < -0.4 is 0 Å². The number of aryl methyl sites for hydroxylation is 1. The molecule has 3 heterocycles. The number of hydrogen-bond donors (Lipinski definition) is 1. The molecule has 1 fully saturated rings. The summed E-state index contributed by atoms with van der Waals surface area (Å²) in [5.74, 6) is 0.548. The minimum Gasteiger partial charge on any atom is -0.301 e. The topological polar surface area (TPSA) is 57.7 Å². The number of nitrogens with zero attached hydrogens (tertiary/aromatic N) is 4. The summed E-state index contributed by atoms with van der Waals surface area (Å²) in [4.78, 5) is 11.8. The van der Waals surface area contributed by atoms with Gasteiger partial charge in [0.15, 0.2) is 0 Å². The summed E-state index contributed by atoms with van der Waals surface area (Å²) < 4.78 is 0. The molecule has 0 saturated carbocycles. The lowest BCUT2D eigenvalue weighted by Crippen LogP contribution is -2.38. The van der Waals surface area contributed by atoms with E-state index in [9.17, 15) is 0 Å². The molecule has 0 amide bonds. The average Bonchev–Trinajstić information content (AvgIpc) is 2.94. The van der Waals surface area contributed by atoms with Gasteiger partial charge in [0.1, 0.15) is 0 Å². The van der Waals surface area contributed by atoms with Gasteiger partial charge in [-0.2, -0.15) is 5.10 Å². The largest absolute Gasteiger partial charge is 0.301 e. The highest BCUT2D eigenvalue weighted by Gasteiger charge is 2.23. The molecule has 112 valence electrons. The first-order chi connectivity index (χ1) is 10.1. The highest BCUT2D eigenvalue weighted by atomic mass is 15.1. The van der Waals surface area contributed by atoms with Crippen LogP contribution in [0.3, 0.4) is 0 Å². The molecule has 0 atom stereocenters. The predicted molar refractivity (Wildman–Crippen MR) is 83.0 cm³/mol. The van der Waals surface area contributed by atoms with Crippen molar-refractivity contribution in [1.82, 2.24) is 25.1 Å². The van der Waals surface area contributed by atoms with Gasteiger partial charge in [-0.1, -0.05) is 0 Å². The van der Waals surface area contributed by atoms with Crippen LogP contribution in [-0.4, -0.2) is 44.2 Å². The molecule has 0 bridgehead atoms. The van der Waals surface area contributed by atoms with Crippen LogP contribution in [0.4, 0.5) is 0 Å². The molecular formula is C16H23N5. The van der Waals surface area contributed by atoms with Gasteiger partial charge in [0.25, 0.3) is 0 Å². The van der Waals surface area contributed by atoms with Crippen molar-refractivity contribution in [3.05, 3.63) is 30.0 Å². The van der Waals surface area contributed by atoms with Crippen LogP contribution in [0.5, 0.6) is 0 Å². The third-order valence-electron chi connectivity index (χ3n) is 4.46. The van der Waals surface area contributed by atoms with Crippen LogP contribution in [0.1, 0.15) is 44.0 Å². The third kappa shape index (κ3) is 2.97. The Kier molecular flexibility index (Phi) is 4.01. The Labute approximate surface area is 125 Å². The van der Waals surface area contributed by atoms with Crippen molar-refractivity contribution in [3.8, 4) is 11.3 Å². The normalized spacial score (nSPS) is 17.5. The van der Waals surface area contributed by atoms with E-state index in [1.807, 2.05) is 19.3 Å². The number of likely N-dealkylation sites (tertiary alicyclic amines) is 1. The van der Waals surface area contributed by atoms with Crippen molar-refractivity contribution in [1.29, 1.82) is 0 Å². The number of hydrogen-bond acceptors (Lipinski definition) is 4. The molecule has 0 aliphatic carbocycles. The van der Waals surface area contributed by atoms with Gasteiger partial charge in [0.05, 0.1) is 23.8 Å². The van der Waals surface area contributed by atoms with Crippen LogP contribution in [0.15, 0.2) is 18.6 Å². The maximum absolute atomic E-state index is 4.65. The quantitative estimate of drug-likeness (QED) is 0.942. The zero-order chi connectivity index (χ0) is 14.8. The summed E-state index contributed by atoms with van der Waals surface area (Å²) in [6.45, 7) is 8.85. The van der Waals surface area contributed by atoms with E-state index in [1.165, 1.54) is 12.8 Å². The second-order valence-electron chi connectivity index (χ2n) is 6.14. The first-order valence-electron chi connectivity index (χ1n) is 7.71. The summed E-state index contributed by atoms with van der Waals surface area (Å²) >= 11 is 0. The number of aromatic amines is 1. The Morgan fingerprint density at radius 1 is 1.14 bits per heavy atom. The van der Waals surface area contributed by atoms with E-state index >= 15 is 0 Å². The van der Waals surface area contributed by atoms with Gasteiger partial charge < -0.3 is 4.90 Å². The van der Waals surface area contributed by atoms with Crippen LogP contribution >= 0.6 is 0 Å². The zero-order valence-electron chi connectivity index (χ0n) is 13.0. The smallest absolute Gasteiger partial charge is 0.0919 e. The highest BCUT2D eigenvalue weighted by Crippen LogP contribution is 2.28. The molecule has 0 unspecified atom stereocenters. The lowest BCUT2D eigenvalue weighted by atomic mass is 9.93. The Bertz CT molecular complexity index is 579. The van der Waals surface area contributed by atoms with Crippen LogP contribution in [0.2, 0.25) is 0 Å². The lowest BCUT2D eigenvalue weighted by molar-refractivity contribution is 0.170. The molecule has 21 heavy (non-hydrogen) atoms. The second-order valence-corrected chi connectivity index (χ2v) is 6.14. The van der Waals surface area contributed by atoms with Crippen molar-refractivity contribution in [2.45, 2.75) is 45.6 Å². The Morgan fingerprint density at radius 2 is 1.90 bits per heavy atom. The Morgan fingerprint density at radius 3 is 2.43 bits per heavy atom. The van der Waals surface area contributed by atoms with Crippen LogP contribution in [0.25, 0.3) is 11.3 Å². The molecule has 0 radical (unpaired) electrons. The molecule has 2 aromatic rings. The van der Waals surface area contributed by atoms with Gasteiger partial charge in [-0.05, 0) is 46.7 Å². The fraction of sp³-hybridized carbons (Fsp3) is 0.562. The second kappa shape index (κ2) is 5.93. The van der Waals surface area contributed by atoms with Crippen molar-refractivity contribution < 1.29 is 0 Å². The molecule has 1 aliphatic heterocycles. The van der Waals surface area contributed by atoms with Gasteiger partial charge in [-0.3, -0.25) is 15.1 Å². The monoisotopic (exact) mass is 285 g/mol. The lowest BCUT2D eigenvalue weighted by Gasteiger charge is -2.34. The minimum absolute atomic E-state index is 0.548. The third-order valence-corrected chi connectivity index (χ3v) is 4.46. The molecule has 0 aromatic carbocycles. The molecule has 5 nitrogen and oxygen atoms in total. The number of nitrogens with one attached hydrogen (secondary N) is 1. The van der Waals surface area contributed by atoms with E-state index < -0.39 is 0 Å². The highest BCUT2D eigenvalue weighted by molar-refractivity contribution is 5.59. The molecule has 1 N–H and O–H groups in total. The van der Waals surface area contributed by atoms with E-state index in [0.717, 1.165) is 35.7 Å². The maximum Gasteiger partial charge on any atom is 0.0919 e.